The first-order valence-electron chi connectivity index (χ1n) is 5.89. The van der Waals surface area contributed by atoms with Gasteiger partial charge in [0.05, 0.1) is 13.0 Å². The van der Waals surface area contributed by atoms with E-state index < -0.39 is 0 Å². The van der Waals surface area contributed by atoms with Crippen LogP contribution in [-0.2, 0) is 9.53 Å². The molecule has 2 fully saturated rings. The summed E-state index contributed by atoms with van der Waals surface area (Å²) in [6.07, 6.45) is 8.92. The van der Waals surface area contributed by atoms with Gasteiger partial charge >= 0.3 is 5.97 Å². The average Bonchev–Trinajstić information content (AvgIpc) is 2.14. The fraction of sp³-hybridized carbons (Fsp3) is 0.917. The zero-order valence-corrected chi connectivity index (χ0v) is 9.00. The van der Waals surface area contributed by atoms with E-state index in [2.05, 4.69) is 0 Å². The highest BCUT2D eigenvalue weighted by atomic mass is 16.5. The smallest absolute Gasteiger partial charge is 0.308 e. The Morgan fingerprint density at radius 3 is 2.29 bits per heavy atom. The number of carbonyl (C=O) groups is 1. The number of hydrogen-bond donors (Lipinski definition) is 0. The molecule has 0 aliphatic heterocycles. The van der Waals surface area contributed by atoms with Gasteiger partial charge in [0.2, 0.25) is 0 Å². The molecule has 2 heteroatoms. The maximum absolute atomic E-state index is 11.4. The van der Waals surface area contributed by atoms with Gasteiger partial charge in [-0.3, -0.25) is 4.79 Å². The number of esters is 1. The van der Waals surface area contributed by atoms with Crippen LogP contribution in [0.1, 0.15) is 44.9 Å². The van der Waals surface area contributed by atoms with Crippen molar-refractivity contribution in [3.63, 3.8) is 0 Å². The standard InChI is InChI=1S/C12H20O2/c1-14-12(13)11-7-3-6-10(8-11)9-4-2-5-9/h9-11H,2-8H2,1H3. The molecule has 80 valence electrons. The molecule has 0 aromatic rings. The second-order valence-electron chi connectivity index (χ2n) is 4.84. The number of methoxy groups -OCH3 is 1. The van der Waals surface area contributed by atoms with Crippen LogP contribution in [0.4, 0.5) is 0 Å². The van der Waals surface area contributed by atoms with Crippen LogP contribution in [0.5, 0.6) is 0 Å². The Hall–Kier alpha value is -0.530. The van der Waals surface area contributed by atoms with E-state index in [-0.39, 0.29) is 11.9 Å². The SMILES string of the molecule is COC(=O)C1CCCC(C2CCC2)C1. The van der Waals surface area contributed by atoms with Gasteiger partial charge in [0.1, 0.15) is 0 Å². The van der Waals surface area contributed by atoms with Gasteiger partial charge in [-0.25, -0.2) is 0 Å². The van der Waals surface area contributed by atoms with Crippen LogP contribution in [0.25, 0.3) is 0 Å². The Morgan fingerprint density at radius 1 is 1.07 bits per heavy atom. The lowest BCUT2D eigenvalue weighted by molar-refractivity contribution is -0.147. The number of ether oxygens (including phenoxy) is 1. The van der Waals surface area contributed by atoms with Gasteiger partial charge in [-0.15, -0.1) is 0 Å². The van der Waals surface area contributed by atoms with Crippen LogP contribution < -0.4 is 0 Å². The number of carbonyl (C=O) groups excluding carboxylic acids is 1. The lowest BCUT2D eigenvalue weighted by atomic mass is 9.67. The van der Waals surface area contributed by atoms with Crippen molar-refractivity contribution in [1.82, 2.24) is 0 Å². The molecule has 0 heterocycles. The van der Waals surface area contributed by atoms with Crippen molar-refractivity contribution in [3.8, 4) is 0 Å². The highest BCUT2D eigenvalue weighted by Gasteiger charge is 2.34. The van der Waals surface area contributed by atoms with Gasteiger partial charge in [-0.1, -0.05) is 32.1 Å². The Kier molecular flexibility index (Phi) is 3.09. The maximum Gasteiger partial charge on any atom is 0.308 e. The highest BCUT2D eigenvalue weighted by Crippen LogP contribution is 2.42. The fourth-order valence-corrected chi connectivity index (χ4v) is 2.95. The quantitative estimate of drug-likeness (QED) is 0.635. The van der Waals surface area contributed by atoms with Gasteiger partial charge in [-0.05, 0) is 24.7 Å². The molecule has 0 saturated heterocycles. The fourth-order valence-electron chi connectivity index (χ4n) is 2.95. The van der Waals surface area contributed by atoms with Gasteiger partial charge in [0.25, 0.3) is 0 Å². The third-order valence-electron chi connectivity index (χ3n) is 4.07. The number of hydrogen-bond acceptors (Lipinski definition) is 2. The van der Waals surface area contributed by atoms with Crippen molar-refractivity contribution in [3.05, 3.63) is 0 Å². The van der Waals surface area contributed by atoms with Crippen LogP contribution in [0.2, 0.25) is 0 Å². The Labute approximate surface area is 86.0 Å². The third-order valence-corrected chi connectivity index (χ3v) is 4.07. The van der Waals surface area contributed by atoms with E-state index in [1.807, 2.05) is 0 Å². The minimum atomic E-state index is 0.0222. The van der Waals surface area contributed by atoms with Crippen LogP contribution in [0.3, 0.4) is 0 Å². The van der Waals surface area contributed by atoms with Crippen molar-refractivity contribution < 1.29 is 9.53 Å². The molecule has 0 aromatic carbocycles. The summed E-state index contributed by atoms with van der Waals surface area (Å²) in [6.45, 7) is 0. The summed E-state index contributed by atoms with van der Waals surface area (Å²) in [5, 5.41) is 0. The van der Waals surface area contributed by atoms with Crippen molar-refractivity contribution in [2.75, 3.05) is 7.11 Å². The van der Waals surface area contributed by atoms with Crippen LogP contribution >= 0.6 is 0 Å². The molecule has 2 rings (SSSR count). The maximum atomic E-state index is 11.4. The molecule has 0 N–H and O–H groups in total. The normalized spacial score (nSPS) is 33.5. The summed E-state index contributed by atoms with van der Waals surface area (Å²) >= 11 is 0. The summed E-state index contributed by atoms with van der Waals surface area (Å²) < 4.78 is 4.83. The molecular formula is C12H20O2. The van der Waals surface area contributed by atoms with Crippen molar-refractivity contribution in [2.45, 2.75) is 44.9 Å². The zero-order valence-electron chi connectivity index (χ0n) is 9.00. The van der Waals surface area contributed by atoms with Crippen molar-refractivity contribution in [2.24, 2.45) is 17.8 Å². The largest absolute Gasteiger partial charge is 0.469 e. The van der Waals surface area contributed by atoms with Crippen LogP contribution in [0, 0.1) is 17.8 Å². The second-order valence-corrected chi connectivity index (χ2v) is 4.84. The van der Waals surface area contributed by atoms with Gasteiger partial charge < -0.3 is 4.74 Å². The molecule has 2 saturated carbocycles. The van der Waals surface area contributed by atoms with E-state index >= 15 is 0 Å². The summed E-state index contributed by atoms with van der Waals surface area (Å²) in [4.78, 5) is 11.4. The molecule has 0 amide bonds. The summed E-state index contributed by atoms with van der Waals surface area (Å²) in [6, 6.07) is 0. The predicted octanol–water partition coefficient (Wildman–Crippen LogP) is 2.77. The third kappa shape index (κ3) is 1.94. The average molecular weight is 196 g/mol. The first-order valence-corrected chi connectivity index (χ1v) is 5.89. The zero-order chi connectivity index (χ0) is 9.97. The lowest BCUT2D eigenvalue weighted by Crippen LogP contribution is -2.30. The molecule has 2 nitrogen and oxygen atoms in total. The van der Waals surface area contributed by atoms with E-state index in [1.54, 1.807) is 0 Å². The first kappa shape index (κ1) is 10.0. The molecule has 14 heavy (non-hydrogen) atoms. The monoisotopic (exact) mass is 196 g/mol. The van der Waals surface area contributed by atoms with Gasteiger partial charge in [0.15, 0.2) is 0 Å². The van der Waals surface area contributed by atoms with E-state index in [1.165, 1.54) is 39.2 Å². The molecule has 2 unspecified atom stereocenters. The predicted molar refractivity (Wildman–Crippen MR) is 54.8 cm³/mol. The van der Waals surface area contributed by atoms with E-state index in [4.69, 9.17) is 4.74 Å². The topological polar surface area (TPSA) is 26.3 Å². The van der Waals surface area contributed by atoms with E-state index in [0.29, 0.717) is 0 Å². The summed E-state index contributed by atoms with van der Waals surface area (Å²) in [5.41, 5.74) is 0. The lowest BCUT2D eigenvalue weighted by Gasteiger charge is -2.38. The summed E-state index contributed by atoms with van der Waals surface area (Å²) in [5.74, 6) is 1.98. The van der Waals surface area contributed by atoms with E-state index in [0.717, 1.165) is 24.7 Å². The highest BCUT2D eigenvalue weighted by molar-refractivity contribution is 5.72. The van der Waals surface area contributed by atoms with Gasteiger partial charge in [-0.2, -0.15) is 0 Å². The van der Waals surface area contributed by atoms with Gasteiger partial charge in [0, 0.05) is 0 Å². The molecule has 0 spiro atoms. The van der Waals surface area contributed by atoms with Crippen molar-refractivity contribution in [1.29, 1.82) is 0 Å². The molecule has 0 bridgehead atoms. The molecule has 2 atom stereocenters. The minimum absolute atomic E-state index is 0.0222. The molecule has 2 aliphatic rings. The van der Waals surface area contributed by atoms with E-state index in [9.17, 15) is 4.79 Å². The van der Waals surface area contributed by atoms with Crippen molar-refractivity contribution >= 4 is 5.97 Å². The first-order chi connectivity index (χ1) is 6.81. The Bertz CT molecular complexity index is 208. The Morgan fingerprint density at radius 2 is 1.71 bits per heavy atom. The molecule has 2 aliphatic carbocycles. The molecule has 0 aromatic heterocycles. The van der Waals surface area contributed by atoms with Crippen LogP contribution in [0.15, 0.2) is 0 Å². The Balaban J connectivity index is 1.86. The summed E-state index contributed by atoms with van der Waals surface area (Å²) in [7, 11) is 1.51. The molecular weight excluding hydrogens is 176 g/mol. The molecule has 0 radical (unpaired) electrons. The van der Waals surface area contributed by atoms with Crippen LogP contribution in [-0.4, -0.2) is 13.1 Å². The minimum Gasteiger partial charge on any atom is -0.469 e. The second kappa shape index (κ2) is 4.33. The number of rotatable bonds is 2.